The van der Waals surface area contributed by atoms with Gasteiger partial charge in [0.25, 0.3) is 5.56 Å². The first-order chi connectivity index (χ1) is 21.4. The number of rotatable bonds is 10. The summed E-state index contributed by atoms with van der Waals surface area (Å²) in [5.74, 6) is 1.18. The van der Waals surface area contributed by atoms with Crippen LogP contribution in [0.15, 0.2) is 87.8 Å². The summed E-state index contributed by atoms with van der Waals surface area (Å²) >= 11 is 1.24. The number of fused-ring (bicyclic) bond motifs is 1. The van der Waals surface area contributed by atoms with E-state index >= 15 is 0 Å². The molecule has 10 heteroatoms. The van der Waals surface area contributed by atoms with Crippen LogP contribution in [0.2, 0.25) is 0 Å². The highest BCUT2D eigenvalue weighted by molar-refractivity contribution is 7.07. The summed E-state index contributed by atoms with van der Waals surface area (Å²) in [6.45, 7) is 6.18. The third kappa shape index (κ3) is 6.14. The van der Waals surface area contributed by atoms with Crippen molar-refractivity contribution < 1.29 is 23.7 Å². The Hall–Kier alpha value is -5.14. The monoisotopic (exact) mass is 609 g/mol. The first-order valence-corrected chi connectivity index (χ1v) is 14.9. The first kappa shape index (κ1) is 30.3. The molecule has 0 radical (unpaired) electrons. The summed E-state index contributed by atoms with van der Waals surface area (Å²) in [6.07, 6.45) is 1.77. The lowest BCUT2D eigenvalue weighted by Gasteiger charge is -2.24. The Morgan fingerprint density at radius 1 is 1.05 bits per heavy atom. The van der Waals surface area contributed by atoms with Gasteiger partial charge in [0.05, 0.1) is 53.8 Å². The van der Waals surface area contributed by atoms with Crippen LogP contribution in [0.1, 0.15) is 49.1 Å². The predicted octanol–water partition coefficient (Wildman–Crippen LogP) is 4.66. The number of carbonyl (C=O) groups is 1. The Kier molecular flexibility index (Phi) is 9.26. The molecule has 0 bridgehead atoms. The standard InChI is InChI=1S/C34H31N3O6S/c1-5-41-28-17-22(11-16-27(28)43-20-25-10-8-7-9-24(25)19-35)18-29-32(38)37-31(23-12-14-26(40-4)15-13-23)30(33(39)42-6-2)21(3)36-34(37)44-29/h7-18,31H,5-6,20H2,1-4H3/b29-18+/t31-/m1/s1. The molecule has 1 aliphatic rings. The number of nitrogens with zero attached hydrogens (tertiary/aromatic N) is 3. The highest BCUT2D eigenvalue weighted by Gasteiger charge is 2.33. The lowest BCUT2D eigenvalue weighted by molar-refractivity contribution is -0.139. The quantitative estimate of drug-likeness (QED) is 0.241. The minimum atomic E-state index is -0.718. The summed E-state index contributed by atoms with van der Waals surface area (Å²) in [5, 5.41) is 9.40. The molecule has 1 aliphatic heterocycles. The maximum absolute atomic E-state index is 14.0. The Labute approximate surface area is 258 Å². The van der Waals surface area contributed by atoms with E-state index < -0.39 is 12.0 Å². The Morgan fingerprint density at radius 2 is 1.82 bits per heavy atom. The number of thiazole rings is 1. The van der Waals surface area contributed by atoms with Crippen LogP contribution >= 0.6 is 11.3 Å². The van der Waals surface area contributed by atoms with Gasteiger partial charge in [0.15, 0.2) is 16.3 Å². The average Bonchev–Trinajstić information content (AvgIpc) is 3.34. The third-order valence-corrected chi connectivity index (χ3v) is 8.02. The average molecular weight is 610 g/mol. The van der Waals surface area contributed by atoms with Crippen molar-refractivity contribution in [1.82, 2.24) is 4.57 Å². The first-order valence-electron chi connectivity index (χ1n) is 14.1. The van der Waals surface area contributed by atoms with Gasteiger partial charge in [-0.3, -0.25) is 9.36 Å². The van der Waals surface area contributed by atoms with Crippen molar-refractivity contribution in [2.45, 2.75) is 33.4 Å². The van der Waals surface area contributed by atoms with Gasteiger partial charge in [0.2, 0.25) is 0 Å². The van der Waals surface area contributed by atoms with E-state index in [1.165, 1.54) is 11.3 Å². The van der Waals surface area contributed by atoms with Crippen LogP contribution in [-0.4, -0.2) is 30.9 Å². The molecule has 5 rings (SSSR count). The van der Waals surface area contributed by atoms with Crippen LogP contribution in [0, 0.1) is 11.3 Å². The van der Waals surface area contributed by atoms with Crippen LogP contribution in [-0.2, 0) is 16.1 Å². The number of ether oxygens (including phenoxy) is 4. The van der Waals surface area contributed by atoms with Crippen molar-refractivity contribution in [2.75, 3.05) is 20.3 Å². The molecule has 1 atom stereocenters. The second-order valence-electron chi connectivity index (χ2n) is 9.77. The minimum absolute atomic E-state index is 0.197. The van der Waals surface area contributed by atoms with Crippen LogP contribution in [0.25, 0.3) is 6.08 Å². The predicted molar refractivity (Wildman–Crippen MR) is 166 cm³/mol. The van der Waals surface area contributed by atoms with Crippen molar-refractivity contribution in [2.24, 2.45) is 4.99 Å². The lowest BCUT2D eigenvalue weighted by atomic mass is 9.96. The number of carbonyl (C=O) groups excluding carboxylic acids is 1. The van der Waals surface area contributed by atoms with E-state index in [0.29, 0.717) is 50.0 Å². The second-order valence-corrected chi connectivity index (χ2v) is 10.8. The van der Waals surface area contributed by atoms with E-state index in [-0.39, 0.29) is 18.8 Å². The molecule has 0 unspecified atom stereocenters. The molecule has 0 saturated carbocycles. The van der Waals surface area contributed by atoms with E-state index in [1.54, 1.807) is 55.9 Å². The molecule has 44 heavy (non-hydrogen) atoms. The van der Waals surface area contributed by atoms with E-state index in [1.807, 2.05) is 49.4 Å². The van der Waals surface area contributed by atoms with Gasteiger partial charge >= 0.3 is 5.97 Å². The van der Waals surface area contributed by atoms with Gasteiger partial charge in [-0.2, -0.15) is 5.26 Å². The minimum Gasteiger partial charge on any atom is -0.497 e. The maximum Gasteiger partial charge on any atom is 0.338 e. The van der Waals surface area contributed by atoms with Crippen LogP contribution in [0.5, 0.6) is 17.2 Å². The molecule has 3 aromatic carbocycles. The van der Waals surface area contributed by atoms with E-state index in [2.05, 4.69) is 11.1 Å². The summed E-state index contributed by atoms with van der Waals surface area (Å²) in [7, 11) is 1.58. The summed E-state index contributed by atoms with van der Waals surface area (Å²) in [5.41, 5.74) is 3.30. The number of hydrogen-bond donors (Lipinski definition) is 0. The Morgan fingerprint density at radius 3 is 2.52 bits per heavy atom. The molecule has 0 amide bonds. The zero-order valence-corrected chi connectivity index (χ0v) is 25.6. The third-order valence-electron chi connectivity index (χ3n) is 7.03. The maximum atomic E-state index is 14.0. The van der Waals surface area contributed by atoms with Gasteiger partial charge in [-0.15, -0.1) is 0 Å². The summed E-state index contributed by atoms with van der Waals surface area (Å²) < 4.78 is 24.6. The van der Waals surface area contributed by atoms with Crippen molar-refractivity contribution in [1.29, 1.82) is 5.26 Å². The van der Waals surface area contributed by atoms with Gasteiger partial charge in [0.1, 0.15) is 12.4 Å². The fraction of sp³-hybridized carbons (Fsp3) is 0.235. The molecule has 224 valence electrons. The number of hydrogen-bond acceptors (Lipinski definition) is 9. The fourth-order valence-electron chi connectivity index (χ4n) is 4.96. The number of nitriles is 1. The second kappa shape index (κ2) is 13.4. The van der Waals surface area contributed by atoms with Crippen molar-refractivity contribution in [3.05, 3.63) is 120 Å². The summed E-state index contributed by atoms with van der Waals surface area (Å²) in [6, 6.07) is 21.4. The number of aromatic nitrogens is 1. The molecule has 0 spiro atoms. The molecular weight excluding hydrogens is 578 g/mol. The normalized spacial score (nSPS) is 14.3. The van der Waals surface area contributed by atoms with E-state index in [0.717, 1.165) is 16.7 Å². The Bertz CT molecular complexity index is 1950. The zero-order chi connectivity index (χ0) is 31.2. The molecule has 0 aliphatic carbocycles. The molecule has 4 aromatic rings. The van der Waals surface area contributed by atoms with Gasteiger partial charge in [0, 0.05) is 5.56 Å². The van der Waals surface area contributed by atoms with Crippen molar-refractivity contribution in [3.63, 3.8) is 0 Å². The molecule has 0 saturated heterocycles. The van der Waals surface area contributed by atoms with Crippen LogP contribution in [0.4, 0.5) is 0 Å². The SMILES string of the molecule is CCOC(=O)C1=C(C)N=c2s/c(=C/c3ccc(OCc4ccccc4C#N)c(OCC)c3)c(=O)n2[C@@H]1c1ccc(OC)cc1. The number of esters is 1. The molecule has 9 nitrogen and oxygen atoms in total. The topological polar surface area (TPSA) is 112 Å². The molecule has 0 N–H and O–H groups in total. The van der Waals surface area contributed by atoms with Gasteiger partial charge in [-0.25, -0.2) is 9.79 Å². The summed E-state index contributed by atoms with van der Waals surface area (Å²) in [4.78, 5) is 32.2. The molecule has 1 aromatic heterocycles. The van der Waals surface area contributed by atoms with E-state index in [9.17, 15) is 14.9 Å². The van der Waals surface area contributed by atoms with Crippen molar-refractivity contribution >= 4 is 23.4 Å². The highest BCUT2D eigenvalue weighted by Crippen LogP contribution is 2.32. The van der Waals surface area contributed by atoms with Crippen LogP contribution < -0.4 is 29.1 Å². The van der Waals surface area contributed by atoms with Crippen LogP contribution in [0.3, 0.4) is 0 Å². The number of methoxy groups -OCH3 is 1. The fourth-order valence-corrected chi connectivity index (χ4v) is 6.00. The van der Waals surface area contributed by atoms with Gasteiger partial charge in [-0.05, 0) is 68.3 Å². The largest absolute Gasteiger partial charge is 0.497 e. The lowest BCUT2D eigenvalue weighted by Crippen LogP contribution is -2.39. The smallest absolute Gasteiger partial charge is 0.338 e. The zero-order valence-electron chi connectivity index (χ0n) is 24.8. The highest BCUT2D eigenvalue weighted by atomic mass is 32.1. The number of allylic oxidation sites excluding steroid dienone is 1. The molecule has 2 heterocycles. The van der Waals surface area contributed by atoms with Crippen molar-refractivity contribution in [3.8, 4) is 23.3 Å². The molecule has 0 fully saturated rings. The number of benzene rings is 3. The van der Waals surface area contributed by atoms with Gasteiger partial charge < -0.3 is 18.9 Å². The van der Waals surface area contributed by atoms with E-state index in [4.69, 9.17) is 18.9 Å². The molecular formula is C34H31N3O6S. The Balaban J connectivity index is 1.55. The van der Waals surface area contributed by atoms with Gasteiger partial charge in [-0.1, -0.05) is 47.7 Å².